The van der Waals surface area contributed by atoms with Crippen LogP contribution in [-0.2, 0) is 14.3 Å². The van der Waals surface area contributed by atoms with E-state index in [9.17, 15) is 9.59 Å². The summed E-state index contributed by atoms with van der Waals surface area (Å²) in [5.41, 5.74) is 0. The maximum atomic E-state index is 11.8. The van der Waals surface area contributed by atoms with Crippen LogP contribution in [0.3, 0.4) is 0 Å². The topological polar surface area (TPSA) is 78.9 Å². The fraction of sp³-hybridized carbons (Fsp3) is 0.818. The van der Waals surface area contributed by atoms with Crippen LogP contribution in [0.4, 0.5) is 0 Å². The van der Waals surface area contributed by atoms with E-state index in [1.54, 1.807) is 4.90 Å². The molecule has 0 aliphatic carbocycles. The van der Waals surface area contributed by atoms with Gasteiger partial charge in [-0.2, -0.15) is 0 Å². The van der Waals surface area contributed by atoms with Crippen LogP contribution in [0.2, 0.25) is 0 Å². The van der Waals surface area contributed by atoms with Gasteiger partial charge < -0.3 is 15.2 Å². The van der Waals surface area contributed by atoms with Crippen LogP contribution in [-0.4, -0.2) is 60.3 Å². The van der Waals surface area contributed by atoms with Crippen LogP contribution in [0.1, 0.15) is 20.3 Å². The van der Waals surface area contributed by atoms with Crippen molar-refractivity contribution in [2.45, 2.75) is 32.4 Å². The Labute approximate surface area is 101 Å². The molecule has 98 valence electrons. The largest absolute Gasteiger partial charge is 0.480 e. The number of hydrogen-bond acceptors (Lipinski definition) is 4. The molecule has 1 fully saturated rings. The van der Waals surface area contributed by atoms with Crippen molar-refractivity contribution in [1.29, 1.82) is 0 Å². The molecule has 1 aliphatic rings. The minimum Gasteiger partial charge on any atom is -0.480 e. The first kappa shape index (κ1) is 13.9. The first-order valence-electron chi connectivity index (χ1n) is 5.95. The Morgan fingerprint density at radius 2 is 2.24 bits per heavy atom. The predicted molar refractivity (Wildman–Crippen MR) is 61.7 cm³/mol. The lowest BCUT2D eigenvalue weighted by molar-refractivity contribution is -0.150. The van der Waals surface area contributed by atoms with Crippen LogP contribution in [0.15, 0.2) is 0 Å². The zero-order chi connectivity index (χ0) is 12.8. The minimum absolute atomic E-state index is 0.160. The number of amides is 1. The monoisotopic (exact) mass is 244 g/mol. The average Bonchev–Trinajstić information content (AvgIpc) is 2.30. The molecule has 1 amide bonds. The molecular weight excluding hydrogens is 224 g/mol. The van der Waals surface area contributed by atoms with Crippen molar-refractivity contribution in [3.8, 4) is 0 Å². The lowest BCUT2D eigenvalue weighted by Crippen LogP contribution is -2.58. The van der Waals surface area contributed by atoms with Gasteiger partial charge in [0.15, 0.2) is 0 Å². The van der Waals surface area contributed by atoms with Crippen LogP contribution < -0.4 is 5.32 Å². The molecule has 2 N–H and O–H groups in total. The van der Waals surface area contributed by atoms with Crippen LogP contribution in [0.5, 0.6) is 0 Å². The maximum Gasteiger partial charge on any atom is 0.320 e. The molecule has 6 nitrogen and oxygen atoms in total. The van der Waals surface area contributed by atoms with E-state index in [1.807, 2.05) is 13.8 Å². The van der Waals surface area contributed by atoms with Crippen molar-refractivity contribution in [3.05, 3.63) is 0 Å². The molecule has 2 atom stereocenters. The maximum absolute atomic E-state index is 11.8. The molecule has 2 unspecified atom stereocenters. The number of ether oxygens (including phenoxy) is 1. The number of carbonyl (C=O) groups excluding carboxylic acids is 1. The van der Waals surface area contributed by atoms with Gasteiger partial charge in [0, 0.05) is 13.1 Å². The number of likely N-dealkylation sites (N-methyl/N-ethyl adjacent to an activating group) is 1. The van der Waals surface area contributed by atoms with Crippen molar-refractivity contribution in [2.75, 3.05) is 26.3 Å². The second kappa shape index (κ2) is 6.56. The molecule has 0 radical (unpaired) electrons. The number of nitrogens with zero attached hydrogens (tertiary/aromatic N) is 1. The minimum atomic E-state index is -0.885. The van der Waals surface area contributed by atoms with Gasteiger partial charge in [-0.15, -0.1) is 0 Å². The smallest absolute Gasteiger partial charge is 0.320 e. The molecule has 0 spiro atoms. The highest BCUT2D eigenvalue weighted by atomic mass is 16.5. The molecule has 0 bridgehead atoms. The van der Waals surface area contributed by atoms with E-state index >= 15 is 0 Å². The van der Waals surface area contributed by atoms with E-state index < -0.39 is 18.1 Å². The molecule has 0 saturated carbocycles. The number of carboxylic acids is 1. The first-order valence-corrected chi connectivity index (χ1v) is 5.95. The van der Waals surface area contributed by atoms with Crippen molar-refractivity contribution in [3.63, 3.8) is 0 Å². The van der Waals surface area contributed by atoms with E-state index in [1.165, 1.54) is 0 Å². The number of carbonyl (C=O) groups is 2. The molecule has 0 aromatic rings. The lowest BCUT2D eigenvalue weighted by atomic mass is 10.1. The summed E-state index contributed by atoms with van der Waals surface area (Å²) in [5, 5.41) is 11.9. The van der Waals surface area contributed by atoms with Gasteiger partial charge in [0.25, 0.3) is 0 Å². The predicted octanol–water partition coefficient (Wildman–Crippen LogP) is -0.313. The number of rotatable bonds is 5. The van der Waals surface area contributed by atoms with Gasteiger partial charge in [0.05, 0.1) is 13.2 Å². The summed E-state index contributed by atoms with van der Waals surface area (Å²) >= 11 is 0. The fourth-order valence-corrected chi connectivity index (χ4v) is 2.06. The number of aliphatic carboxylic acids is 1. The first-order chi connectivity index (χ1) is 8.11. The lowest BCUT2D eigenvalue weighted by Gasteiger charge is -2.37. The Balaban J connectivity index is 2.77. The highest BCUT2D eigenvalue weighted by Gasteiger charge is 2.36. The van der Waals surface area contributed by atoms with E-state index in [4.69, 9.17) is 9.84 Å². The highest BCUT2D eigenvalue weighted by Crippen LogP contribution is 2.14. The molecule has 0 aromatic carbocycles. The summed E-state index contributed by atoms with van der Waals surface area (Å²) in [6.07, 6.45) is 0.477. The second-order valence-electron chi connectivity index (χ2n) is 3.99. The third kappa shape index (κ3) is 3.41. The van der Waals surface area contributed by atoms with Crippen molar-refractivity contribution in [2.24, 2.45) is 0 Å². The van der Waals surface area contributed by atoms with Gasteiger partial charge in [-0.05, 0) is 13.3 Å². The molecule has 6 heteroatoms. The number of carboxylic acid groups (broad SMARTS) is 1. The summed E-state index contributed by atoms with van der Waals surface area (Å²) in [4.78, 5) is 24.7. The molecule has 1 saturated heterocycles. The Kier molecular flexibility index (Phi) is 5.37. The molecule has 1 aliphatic heterocycles. The van der Waals surface area contributed by atoms with Crippen molar-refractivity contribution < 1.29 is 19.4 Å². The third-order valence-electron chi connectivity index (χ3n) is 2.90. The van der Waals surface area contributed by atoms with Gasteiger partial charge in [0.1, 0.15) is 12.1 Å². The van der Waals surface area contributed by atoms with Gasteiger partial charge in [-0.3, -0.25) is 14.5 Å². The zero-order valence-corrected chi connectivity index (χ0v) is 10.3. The number of hydrogen-bond donors (Lipinski definition) is 2. The summed E-state index contributed by atoms with van der Waals surface area (Å²) in [7, 11) is 0. The fourth-order valence-electron chi connectivity index (χ4n) is 2.06. The SMILES string of the molecule is CCNC(=O)C1COCCN1C(CC)C(=O)O. The van der Waals surface area contributed by atoms with Gasteiger partial charge in [-0.1, -0.05) is 6.92 Å². The van der Waals surface area contributed by atoms with Gasteiger partial charge in [-0.25, -0.2) is 0 Å². The normalized spacial score (nSPS) is 23.1. The molecular formula is C11H20N2O4. The average molecular weight is 244 g/mol. The standard InChI is InChI=1S/C11H20N2O4/c1-3-8(11(15)16)13-5-6-17-7-9(13)10(14)12-4-2/h8-9H,3-7H2,1-2H3,(H,12,14)(H,15,16). The summed E-state index contributed by atoms with van der Waals surface area (Å²) in [5.74, 6) is -1.05. The molecule has 17 heavy (non-hydrogen) atoms. The molecule has 1 rings (SSSR count). The van der Waals surface area contributed by atoms with Crippen molar-refractivity contribution in [1.82, 2.24) is 10.2 Å². The summed E-state index contributed by atoms with van der Waals surface area (Å²) in [6.45, 7) is 5.39. The van der Waals surface area contributed by atoms with E-state index in [0.29, 0.717) is 26.1 Å². The van der Waals surface area contributed by atoms with E-state index in [2.05, 4.69) is 5.32 Å². The third-order valence-corrected chi connectivity index (χ3v) is 2.90. The zero-order valence-electron chi connectivity index (χ0n) is 10.3. The summed E-state index contributed by atoms with van der Waals surface area (Å²) < 4.78 is 5.26. The Morgan fingerprint density at radius 1 is 1.53 bits per heavy atom. The highest BCUT2D eigenvalue weighted by molar-refractivity contribution is 5.83. The Morgan fingerprint density at radius 3 is 2.76 bits per heavy atom. The molecule has 1 heterocycles. The Hall–Kier alpha value is -1.14. The van der Waals surface area contributed by atoms with Gasteiger partial charge in [0.2, 0.25) is 5.91 Å². The molecule has 0 aromatic heterocycles. The van der Waals surface area contributed by atoms with E-state index in [0.717, 1.165) is 0 Å². The Bertz CT molecular complexity index is 283. The van der Waals surface area contributed by atoms with Crippen molar-refractivity contribution >= 4 is 11.9 Å². The quantitative estimate of drug-likeness (QED) is 0.693. The van der Waals surface area contributed by atoms with Crippen LogP contribution >= 0.6 is 0 Å². The van der Waals surface area contributed by atoms with Crippen LogP contribution in [0.25, 0.3) is 0 Å². The number of morpholine rings is 1. The number of nitrogens with one attached hydrogen (secondary N) is 1. The van der Waals surface area contributed by atoms with E-state index in [-0.39, 0.29) is 12.5 Å². The van der Waals surface area contributed by atoms with Crippen LogP contribution in [0, 0.1) is 0 Å². The second-order valence-corrected chi connectivity index (χ2v) is 3.99. The van der Waals surface area contributed by atoms with Gasteiger partial charge >= 0.3 is 5.97 Å². The summed E-state index contributed by atoms with van der Waals surface area (Å²) in [6, 6.07) is -1.11.